The molecule has 0 aromatic carbocycles. The Labute approximate surface area is 128 Å². The molecular weight excluding hydrogens is 268 g/mol. The minimum atomic E-state index is -1.25. The normalized spacial score (nSPS) is 12.4. The van der Waals surface area contributed by atoms with Gasteiger partial charge in [0.1, 0.15) is 0 Å². The second-order valence-electron chi connectivity index (χ2n) is 5.56. The molecule has 0 bridgehead atoms. The topological polar surface area (TPSA) is 52.6 Å². The smallest absolute Gasteiger partial charge is 0.336 e. The number of hydrogen-bond donors (Lipinski definition) is 0. The van der Waals surface area contributed by atoms with Gasteiger partial charge in [-0.1, -0.05) is 40.3 Å². The van der Waals surface area contributed by atoms with Crippen LogP contribution in [0.2, 0.25) is 0 Å². The van der Waals surface area contributed by atoms with Crippen LogP contribution < -0.4 is 0 Å². The van der Waals surface area contributed by atoms with Crippen LogP contribution in [0.5, 0.6) is 0 Å². The summed E-state index contributed by atoms with van der Waals surface area (Å²) in [6, 6.07) is 0. The third kappa shape index (κ3) is 5.74. The minimum absolute atomic E-state index is 0.115. The molecule has 0 saturated carbocycles. The molecular formula is C17H28O4. The van der Waals surface area contributed by atoms with Crippen LogP contribution >= 0.6 is 0 Å². The second kappa shape index (κ2) is 8.65. The van der Waals surface area contributed by atoms with E-state index in [1.807, 2.05) is 20.8 Å². The van der Waals surface area contributed by atoms with Crippen molar-refractivity contribution in [1.82, 2.24) is 0 Å². The second-order valence-corrected chi connectivity index (χ2v) is 5.56. The van der Waals surface area contributed by atoms with Crippen LogP contribution in [0, 0.1) is 5.92 Å². The lowest BCUT2D eigenvalue weighted by Gasteiger charge is -2.37. The van der Waals surface area contributed by atoms with Gasteiger partial charge in [0, 0.05) is 23.5 Å². The first-order valence-electron chi connectivity index (χ1n) is 7.47. The quantitative estimate of drug-likeness (QED) is 0.364. The number of ether oxygens (including phenoxy) is 2. The zero-order valence-electron chi connectivity index (χ0n) is 14.0. The van der Waals surface area contributed by atoms with Crippen LogP contribution in [0.3, 0.4) is 0 Å². The maximum atomic E-state index is 12.0. The molecule has 1 unspecified atom stereocenters. The highest BCUT2D eigenvalue weighted by Crippen LogP contribution is 2.33. The molecule has 0 rings (SSSR count). The summed E-state index contributed by atoms with van der Waals surface area (Å²) < 4.78 is 11.1. The van der Waals surface area contributed by atoms with Crippen LogP contribution in [-0.4, -0.2) is 17.7 Å². The van der Waals surface area contributed by atoms with Gasteiger partial charge in [0.05, 0.1) is 0 Å². The molecule has 0 saturated heterocycles. The molecule has 0 aromatic rings. The van der Waals surface area contributed by atoms with E-state index < -0.39 is 17.7 Å². The fourth-order valence-corrected chi connectivity index (χ4v) is 1.79. The summed E-state index contributed by atoms with van der Waals surface area (Å²) in [7, 11) is 0. The van der Waals surface area contributed by atoms with E-state index in [9.17, 15) is 9.59 Å². The molecule has 4 heteroatoms. The monoisotopic (exact) mass is 296 g/mol. The maximum absolute atomic E-state index is 12.0. The van der Waals surface area contributed by atoms with Crippen molar-refractivity contribution in [2.75, 3.05) is 0 Å². The van der Waals surface area contributed by atoms with Gasteiger partial charge < -0.3 is 9.47 Å². The van der Waals surface area contributed by atoms with E-state index in [0.717, 1.165) is 19.3 Å². The van der Waals surface area contributed by atoms with Crippen molar-refractivity contribution < 1.29 is 19.1 Å². The largest absolute Gasteiger partial charge is 0.419 e. The first-order chi connectivity index (χ1) is 9.70. The molecule has 0 N–H and O–H groups in total. The highest BCUT2D eigenvalue weighted by Gasteiger charge is 2.43. The lowest BCUT2D eigenvalue weighted by atomic mass is 9.92. The molecule has 0 amide bonds. The first kappa shape index (κ1) is 19.4. The van der Waals surface area contributed by atoms with E-state index in [-0.39, 0.29) is 17.1 Å². The Hall–Kier alpha value is -1.58. The zero-order valence-corrected chi connectivity index (χ0v) is 14.0. The molecule has 0 aliphatic carbocycles. The van der Waals surface area contributed by atoms with Crippen molar-refractivity contribution in [2.24, 2.45) is 5.92 Å². The highest BCUT2D eigenvalue weighted by molar-refractivity contribution is 5.89. The number of rotatable bonds is 9. The van der Waals surface area contributed by atoms with E-state index in [2.05, 4.69) is 13.2 Å². The fourth-order valence-electron chi connectivity index (χ4n) is 1.79. The third-order valence-electron chi connectivity index (χ3n) is 3.47. The van der Waals surface area contributed by atoms with Crippen LogP contribution in [0.1, 0.15) is 60.3 Å². The third-order valence-corrected chi connectivity index (χ3v) is 3.47. The predicted molar refractivity (Wildman–Crippen MR) is 83.5 cm³/mol. The van der Waals surface area contributed by atoms with Gasteiger partial charge in [-0.25, -0.2) is 9.59 Å². The average Bonchev–Trinajstić information content (AvgIpc) is 2.43. The highest BCUT2D eigenvalue weighted by atomic mass is 16.7. The number of carbonyl (C=O) groups is 2. The molecule has 21 heavy (non-hydrogen) atoms. The van der Waals surface area contributed by atoms with Crippen LogP contribution in [0.25, 0.3) is 0 Å². The Morgan fingerprint density at radius 1 is 1.05 bits per heavy atom. The van der Waals surface area contributed by atoms with Crippen molar-refractivity contribution >= 4 is 11.9 Å². The summed E-state index contributed by atoms with van der Waals surface area (Å²) in [5, 5.41) is 0. The van der Waals surface area contributed by atoms with Gasteiger partial charge in [-0.05, 0) is 26.7 Å². The Balaban J connectivity index is 5.49. The van der Waals surface area contributed by atoms with E-state index in [4.69, 9.17) is 9.47 Å². The summed E-state index contributed by atoms with van der Waals surface area (Å²) in [5.41, 5.74) is 0.566. The Bertz CT molecular complexity index is 381. The predicted octanol–water partition coefficient (Wildman–Crippen LogP) is 4.16. The van der Waals surface area contributed by atoms with Crippen molar-refractivity contribution in [1.29, 1.82) is 0 Å². The van der Waals surface area contributed by atoms with Gasteiger partial charge >= 0.3 is 11.9 Å². The van der Waals surface area contributed by atoms with Crippen molar-refractivity contribution in [3.63, 3.8) is 0 Å². The Kier molecular flexibility index (Phi) is 8.00. The van der Waals surface area contributed by atoms with Gasteiger partial charge in [-0.15, -0.1) is 0 Å². The summed E-state index contributed by atoms with van der Waals surface area (Å²) in [5.74, 6) is -2.45. The standard InChI is InChI=1S/C17H28O4/c1-8-10-11-17(14(7)9-2,20-15(18)12(3)4)21-16(19)13(5)6/h14H,3,5,8-11H2,1-2,4,6-7H3. The van der Waals surface area contributed by atoms with E-state index >= 15 is 0 Å². The number of unbranched alkanes of at least 4 members (excludes halogenated alkanes) is 1. The maximum Gasteiger partial charge on any atom is 0.336 e. The Morgan fingerprint density at radius 2 is 1.48 bits per heavy atom. The molecule has 120 valence electrons. The fraction of sp³-hybridized carbons (Fsp3) is 0.647. The van der Waals surface area contributed by atoms with Crippen LogP contribution in [-0.2, 0) is 19.1 Å². The minimum Gasteiger partial charge on any atom is -0.419 e. The summed E-state index contributed by atoms with van der Waals surface area (Å²) in [4.78, 5) is 23.9. The summed E-state index contributed by atoms with van der Waals surface area (Å²) in [6.07, 6.45) is 2.89. The van der Waals surface area contributed by atoms with E-state index in [0.29, 0.717) is 6.42 Å². The molecule has 1 atom stereocenters. The molecule has 0 aliphatic heterocycles. The van der Waals surface area contributed by atoms with Gasteiger partial charge in [-0.3, -0.25) is 0 Å². The number of carbonyl (C=O) groups excluding carboxylic acids is 2. The van der Waals surface area contributed by atoms with Crippen molar-refractivity contribution in [2.45, 2.75) is 66.1 Å². The molecule has 0 fully saturated rings. The molecule has 0 radical (unpaired) electrons. The number of esters is 2. The lowest BCUT2D eigenvalue weighted by Crippen LogP contribution is -2.46. The average molecular weight is 296 g/mol. The zero-order chi connectivity index (χ0) is 16.6. The molecule has 0 aromatic heterocycles. The summed E-state index contributed by atoms with van der Waals surface area (Å²) >= 11 is 0. The van der Waals surface area contributed by atoms with Gasteiger partial charge in [-0.2, -0.15) is 0 Å². The summed E-state index contributed by atoms with van der Waals surface area (Å²) in [6.45, 7) is 16.2. The molecule has 4 nitrogen and oxygen atoms in total. The molecule has 0 aliphatic rings. The molecule has 0 heterocycles. The first-order valence-corrected chi connectivity index (χ1v) is 7.47. The molecule has 0 spiro atoms. The van der Waals surface area contributed by atoms with Crippen LogP contribution in [0.15, 0.2) is 24.3 Å². The van der Waals surface area contributed by atoms with Gasteiger partial charge in [0.15, 0.2) is 0 Å². The Morgan fingerprint density at radius 3 is 1.76 bits per heavy atom. The van der Waals surface area contributed by atoms with Crippen molar-refractivity contribution in [3.05, 3.63) is 24.3 Å². The van der Waals surface area contributed by atoms with Gasteiger partial charge in [0.2, 0.25) is 0 Å². The van der Waals surface area contributed by atoms with E-state index in [1.54, 1.807) is 13.8 Å². The van der Waals surface area contributed by atoms with E-state index in [1.165, 1.54) is 0 Å². The van der Waals surface area contributed by atoms with Crippen LogP contribution in [0.4, 0.5) is 0 Å². The SMILES string of the molecule is C=C(C)C(=O)OC(CCCC)(OC(=O)C(=C)C)C(C)CC. The van der Waals surface area contributed by atoms with Gasteiger partial charge in [0.25, 0.3) is 5.79 Å². The van der Waals surface area contributed by atoms with Crippen molar-refractivity contribution in [3.8, 4) is 0 Å². The number of hydrogen-bond acceptors (Lipinski definition) is 4. The lowest BCUT2D eigenvalue weighted by molar-refractivity contribution is -0.245.